The summed E-state index contributed by atoms with van der Waals surface area (Å²) < 4.78 is 67.9. The van der Waals surface area contributed by atoms with Crippen LogP contribution in [0.15, 0.2) is 102 Å². The maximum absolute atomic E-state index is 13.5. The number of hydrogen-bond donors (Lipinski definition) is 1. The summed E-state index contributed by atoms with van der Waals surface area (Å²) in [4.78, 5) is 16.7. The highest BCUT2D eigenvalue weighted by atomic mass is 35.5. The molecule has 0 atom stereocenters. The van der Waals surface area contributed by atoms with Gasteiger partial charge in [0.25, 0.3) is 10.0 Å². The van der Waals surface area contributed by atoms with E-state index in [1.807, 2.05) is 24.3 Å². The average Bonchev–Trinajstić information content (AvgIpc) is 2.89. The number of sulfonamides is 1. The van der Waals surface area contributed by atoms with Crippen LogP contribution in [0.5, 0.6) is 0 Å². The van der Waals surface area contributed by atoms with Gasteiger partial charge in [-0.2, -0.15) is 13.2 Å². The molecule has 1 aromatic heterocycles. The second-order valence-electron chi connectivity index (χ2n) is 8.26. The van der Waals surface area contributed by atoms with Gasteiger partial charge in [0.05, 0.1) is 21.2 Å². The molecule has 4 rings (SSSR count). The van der Waals surface area contributed by atoms with Crippen LogP contribution in [0.4, 0.5) is 24.5 Å². The molecular weight excluding hydrogens is 539 g/mol. The van der Waals surface area contributed by atoms with Crippen molar-refractivity contribution in [2.24, 2.45) is 0 Å². The second kappa shape index (κ2) is 11.2. The number of aromatic nitrogens is 1. The Hall–Kier alpha value is -3.89. The lowest BCUT2D eigenvalue weighted by molar-refractivity contribution is -0.137. The first-order valence-corrected chi connectivity index (χ1v) is 13.1. The molecule has 0 aliphatic heterocycles. The van der Waals surface area contributed by atoms with Crippen LogP contribution < -0.4 is 9.62 Å². The molecule has 0 saturated heterocycles. The van der Waals surface area contributed by atoms with Crippen LogP contribution >= 0.6 is 11.6 Å². The van der Waals surface area contributed by atoms with Gasteiger partial charge in [-0.05, 0) is 72.1 Å². The Morgan fingerprint density at radius 1 is 0.895 bits per heavy atom. The number of amides is 1. The number of carbonyl (C=O) groups is 1. The summed E-state index contributed by atoms with van der Waals surface area (Å²) in [5.74, 6) is -0.741. The average molecular weight is 560 g/mol. The molecule has 6 nitrogen and oxygen atoms in total. The maximum Gasteiger partial charge on any atom is 0.417 e. The lowest BCUT2D eigenvalue weighted by Crippen LogP contribution is -2.38. The molecule has 1 heterocycles. The molecule has 0 spiro atoms. The molecule has 3 aromatic carbocycles. The van der Waals surface area contributed by atoms with Crippen LogP contribution in [0.1, 0.15) is 16.7 Å². The number of nitrogens with one attached hydrogen (secondary N) is 1. The van der Waals surface area contributed by atoms with Crippen molar-refractivity contribution < 1.29 is 26.4 Å². The van der Waals surface area contributed by atoms with E-state index < -0.39 is 39.2 Å². The van der Waals surface area contributed by atoms with E-state index in [4.69, 9.17) is 11.6 Å². The van der Waals surface area contributed by atoms with Crippen molar-refractivity contribution in [3.8, 4) is 0 Å². The number of benzene rings is 3. The molecule has 0 unspecified atom stereocenters. The summed E-state index contributed by atoms with van der Waals surface area (Å²) in [6.07, 6.45) is -0.789. The summed E-state index contributed by atoms with van der Waals surface area (Å²) in [6.45, 7) is -0.769. The fraction of sp³-hybridized carbons (Fsp3) is 0.111. The van der Waals surface area contributed by atoms with Gasteiger partial charge in [-0.3, -0.25) is 14.1 Å². The summed E-state index contributed by atoms with van der Waals surface area (Å²) in [6, 6.07) is 20.5. The van der Waals surface area contributed by atoms with Crippen LogP contribution in [0.3, 0.4) is 0 Å². The minimum atomic E-state index is -4.82. The van der Waals surface area contributed by atoms with E-state index in [9.17, 15) is 26.4 Å². The minimum absolute atomic E-state index is 0.184. The quantitative estimate of drug-likeness (QED) is 0.280. The molecule has 0 bridgehead atoms. The predicted octanol–water partition coefficient (Wildman–Crippen LogP) is 6.18. The standard InChI is InChI=1S/C27H21ClF3N3O3S/c28-25-11-10-22(17-24(25)27(29,30)31)34(38(36,37)23-4-2-1-3-5-23)18-26(35)33-21-8-6-19(7-9-21)16-20-12-14-32-15-13-20/h1-15,17H,16,18H2,(H,33,35). The summed E-state index contributed by atoms with van der Waals surface area (Å²) in [5.41, 5.74) is 0.865. The van der Waals surface area contributed by atoms with Gasteiger partial charge in [0, 0.05) is 18.1 Å². The van der Waals surface area contributed by atoms with E-state index in [0.717, 1.165) is 23.3 Å². The number of alkyl halides is 3. The Labute approximate surface area is 222 Å². The number of anilines is 2. The Bertz CT molecular complexity index is 1520. The van der Waals surface area contributed by atoms with E-state index in [1.54, 1.807) is 30.6 Å². The molecule has 196 valence electrons. The third kappa shape index (κ3) is 6.51. The molecule has 1 N–H and O–H groups in total. The van der Waals surface area contributed by atoms with Gasteiger partial charge in [-0.25, -0.2) is 8.42 Å². The van der Waals surface area contributed by atoms with Crippen molar-refractivity contribution in [1.82, 2.24) is 4.98 Å². The van der Waals surface area contributed by atoms with Gasteiger partial charge in [0.15, 0.2) is 0 Å². The molecule has 1 amide bonds. The number of pyridine rings is 1. The molecule has 38 heavy (non-hydrogen) atoms. The highest BCUT2D eigenvalue weighted by Gasteiger charge is 2.35. The zero-order chi connectivity index (χ0) is 27.3. The van der Waals surface area contributed by atoms with Gasteiger partial charge in [0.2, 0.25) is 5.91 Å². The van der Waals surface area contributed by atoms with Crippen LogP contribution in [0, 0.1) is 0 Å². The van der Waals surface area contributed by atoms with Gasteiger partial charge in [-0.15, -0.1) is 0 Å². The summed E-state index contributed by atoms with van der Waals surface area (Å²) >= 11 is 5.72. The third-order valence-electron chi connectivity index (χ3n) is 5.56. The number of hydrogen-bond acceptors (Lipinski definition) is 4. The first-order chi connectivity index (χ1) is 18.0. The van der Waals surface area contributed by atoms with Crippen molar-refractivity contribution in [3.63, 3.8) is 0 Å². The predicted molar refractivity (Wildman–Crippen MR) is 140 cm³/mol. The van der Waals surface area contributed by atoms with E-state index in [0.29, 0.717) is 22.5 Å². The minimum Gasteiger partial charge on any atom is -0.325 e. The largest absolute Gasteiger partial charge is 0.417 e. The first-order valence-electron chi connectivity index (χ1n) is 11.3. The molecule has 0 radical (unpaired) electrons. The smallest absolute Gasteiger partial charge is 0.325 e. The fourth-order valence-electron chi connectivity index (χ4n) is 3.69. The molecule has 0 saturated carbocycles. The lowest BCUT2D eigenvalue weighted by Gasteiger charge is -2.25. The van der Waals surface area contributed by atoms with Crippen LogP contribution in [-0.2, 0) is 27.4 Å². The Kier molecular flexibility index (Phi) is 8.03. The van der Waals surface area contributed by atoms with E-state index in [1.165, 1.54) is 24.3 Å². The van der Waals surface area contributed by atoms with Crippen molar-refractivity contribution in [3.05, 3.63) is 119 Å². The molecule has 0 fully saturated rings. The van der Waals surface area contributed by atoms with Crippen LogP contribution in [0.25, 0.3) is 0 Å². The van der Waals surface area contributed by atoms with Gasteiger partial charge >= 0.3 is 6.18 Å². The van der Waals surface area contributed by atoms with Crippen molar-refractivity contribution in [2.75, 3.05) is 16.2 Å². The maximum atomic E-state index is 13.5. The Balaban J connectivity index is 1.59. The van der Waals surface area contributed by atoms with E-state index in [-0.39, 0.29) is 10.6 Å². The SMILES string of the molecule is O=C(CN(c1ccc(Cl)c(C(F)(F)F)c1)S(=O)(=O)c1ccccc1)Nc1ccc(Cc2ccncc2)cc1. The Morgan fingerprint density at radius 3 is 2.16 bits per heavy atom. The Morgan fingerprint density at radius 2 is 1.53 bits per heavy atom. The van der Waals surface area contributed by atoms with Gasteiger partial charge in [0.1, 0.15) is 6.54 Å². The third-order valence-corrected chi connectivity index (χ3v) is 7.67. The molecule has 11 heteroatoms. The lowest BCUT2D eigenvalue weighted by atomic mass is 10.1. The van der Waals surface area contributed by atoms with Crippen molar-refractivity contribution >= 4 is 38.9 Å². The number of halogens is 4. The number of carbonyl (C=O) groups excluding carboxylic acids is 1. The monoisotopic (exact) mass is 559 g/mol. The second-order valence-corrected chi connectivity index (χ2v) is 10.5. The van der Waals surface area contributed by atoms with Crippen LogP contribution in [-0.4, -0.2) is 25.9 Å². The summed E-state index contributed by atoms with van der Waals surface area (Å²) in [7, 11) is -4.40. The highest BCUT2D eigenvalue weighted by molar-refractivity contribution is 7.92. The molecule has 0 aliphatic rings. The van der Waals surface area contributed by atoms with E-state index >= 15 is 0 Å². The van der Waals surface area contributed by atoms with Crippen molar-refractivity contribution in [1.29, 1.82) is 0 Å². The molecule has 0 aliphatic carbocycles. The number of rotatable bonds is 8. The fourth-order valence-corrected chi connectivity index (χ4v) is 5.35. The van der Waals surface area contributed by atoms with Gasteiger partial charge < -0.3 is 5.32 Å². The van der Waals surface area contributed by atoms with E-state index in [2.05, 4.69) is 10.3 Å². The molecule has 4 aromatic rings. The highest BCUT2D eigenvalue weighted by Crippen LogP contribution is 2.38. The van der Waals surface area contributed by atoms with Gasteiger partial charge in [-0.1, -0.05) is 41.9 Å². The zero-order valence-electron chi connectivity index (χ0n) is 19.7. The van der Waals surface area contributed by atoms with Crippen LogP contribution in [0.2, 0.25) is 5.02 Å². The van der Waals surface area contributed by atoms with Crippen molar-refractivity contribution in [2.45, 2.75) is 17.5 Å². The zero-order valence-corrected chi connectivity index (χ0v) is 21.3. The first kappa shape index (κ1) is 27.2. The molecular formula is C27H21ClF3N3O3S. The normalized spacial score (nSPS) is 11.7. The topological polar surface area (TPSA) is 79.4 Å². The summed E-state index contributed by atoms with van der Waals surface area (Å²) in [5, 5.41) is 2.02. The number of nitrogens with zero attached hydrogens (tertiary/aromatic N) is 2.